The minimum Gasteiger partial charge on any atom is -0.478 e. The number of ether oxygens (including phenoxy) is 1. The standard InChI is InChI=1S/C17H19NO3/c1-12-10-17(12,11-18)16(2,21-3)9-8-13-6-4-5-7-14(13)15(19)20/h4-9,12H,10H2,1-3H3,(H,19,20)/b9-8+/t12-,16+,17+/m0/s1. The van der Waals surface area contributed by atoms with Gasteiger partial charge in [0.05, 0.1) is 17.0 Å². The second-order valence-electron chi connectivity index (χ2n) is 5.73. The zero-order valence-corrected chi connectivity index (χ0v) is 12.5. The molecule has 4 nitrogen and oxygen atoms in total. The molecule has 0 radical (unpaired) electrons. The lowest BCUT2D eigenvalue weighted by Crippen LogP contribution is -2.36. The molecular formula is C17H19NO3. The van der Waals surface area contributed by atoms with Crippen LogP contribution in [-0.2, 0) is 4.74 Å². The van der Waals surface area contributed by atoms with Crippen LogP contribution in [0, 0.1) is 22.7 Å². The first-order valence-corrected chi connectivity index (χ1v) is 6.88. The number of benzene rings is 1. The van der Waals surface area contributed by atoms with Crippen LogP contribution in [-0.4, -0.2) is 23.8 Å². The van der Waals surface area contributed by atoms with Crippen LogP contribution in [0.1, 0.15) is 36.2 Å². The lowest BCUT2D eigenvalue weighted by molar-refractivity contribution is 0.00164. The highest BCUT2D eigenvalue weighted by atomic mass is 16.5. The highest BCUT2D eigenvalue weighted by Gasteiger charge is 2.63. The summed E-state index contributed by atoms with van der Waals surface area (Å²) in [4.78, 5) is 11.2. The summed E-state index contributed by atoms with van der Waals surface area (Å²) in [6.07, 6.45) is 4.33. The number of carboxylic acids is 1. The van der Waals surface area contributed by atoms with Crippen molar-refractivity contribution < 1.29 is 14.6 Å². The Balaban J connectivity index is 2.36. The predicted octanol–water partition coefficient (Wildman–Crippen LogP) is 3.35. The first-order chi connectivity index (χ1) is 9.90. The van der Waals surface area contributed by atoms with Crippen molar-refractivity contribution in [1.82, 2.24) is 0 Å². The molecule has 21 heavy (non-hydrogen) atoms. The maximum absolute atomic E-state index is 11.2. The van der Waals surface area contributed by atoms with Gasteiger partial charge in [-0.3, -0.25) is 0 Å². The molecule has 1 aromatic carbocycles. The van der Waals surface area contributed by atoms with Crippen LogP contribution in [0.3, 0.4) is 0 Å². The Morgan fingerprint density at radius 1 is 1.57 bits per heavy atom. The number of carbonyl (C=O) groups is 1. The number of carboxylic acid groups (broad SMARTS) is 1. The van der Waals surface area contributed by atoms with Crippen LogP contribution in [0.2, 0.25) is 0 Å². The summed E-state index contributed by atoms with van der Waals surface area (Å²) in [6, 6.07) is 9.16. The minimum absolute atomic E-state index is 0.238. The smallest absolute Gasteiger partial charge is 0.336 e. The summed E-state index contributed by atoms with van der Waals surface area (Å²) in [7, 11) is 1.58. The van der Waals surface area contributed by atoms with Crippen LogP contribution < -0.4 is 0 Å². The lowest BCUT2D eigenvalue weighted by Gasteiger charge is -2.30. The lowest BCUT2D eigenvalue weighted by atomic mass is 9.84. The average Bonchev–Trinajstić information content (AvgIpc) is 3.17. The van der Waals surface area contributed by atoms with Crippen molar-refractivity contribution in [1.29, 1.82) is 5.26 Å². The van der Waals surface area contributed by atoms with Gasteiger partial charge in [-0.15, -0.1) is 0 Å². The quantitative estimate of drug-likeness (QED) is 0.900. The largest absolute Gasteiger partial charge is 0.478 e. The Kier molecular flexibility index (Phi) is 3.89. The molecule has 1 aliphatic carbocycles. The number of methoxy groups -OCH3 is 1. The fourth-order valence-electron chi connectivity index (χ4n) is 2.87. The first-order valence-electron chi connectivity index (χ1n) is 6.88. The number of nitrogens with zero attached hydrogens (tertiary/aromatic N) is 1. The summed E-state index contributed by atoms with van der Waals surface area (Å²) in [5.41, 5.74) is -0.417. The first kappa shape index (κ1) is 15.3. The van der Waals surface area contributed by atoms with Crippen LogP contribution in [0.5, 0.6) is 0 Å². The molecule has 0 aromatic heterocycles. The summed E-state index contributed by atoms with van der Waals surface area (Å²) < 4.78 is 5.59. The molecule has 1 aromatic rings. The average molecular weight is 285 g/mol. The molecule has 0 saturated heterocycles. The maximum Gasteiger partial charge on any atom is 0.336 e. The van der Waals surface area contributed by atoms with Crippen molar-refractivity contribution in [3.63, 3.8) is 0 Å². The number of hydrogen-bond donors (Lipinski definition) is 1. The van der Waals surface area contributed by atoms with Gasteiger partial charge in [0, 0.05) is 7.11 Å². The monoisotopic (exact) mass is 285 g/mol. The van der Waals surface area contributed by atoms with E-state index < -0.39 is 17.0 Å². The number of hydrogen-bond acceptors (Lipinski definition) is 3. The Hall–Kier alpha value is -2.12. The van der Waals surface area contributed by atoms with Gasteiger partial charge in [-0.25, -0.2) is 4.79 Å². The summed E-state index contributed by atoms with van der Waals surface area (Å²) in [6.45, 7) is 3.90. The number of rotatable bonds is 5. The Bertz CT molecular complexity index is 631. The molecule has 1 N–H and O–H groups in total. The molecule has 0 aliphatic heterocycles. The Labute approximate surface area is 124 Å². The number of nitriles is 1. The molecule has 0 bridgehead atoms. The molecule has 1 aliphatic rings. The molecule has 110 valence electrons. The molecule has 1 saturated carbocycles. The van der Waals surface area contributed by atoms with Crippen molar-refractivity contribution in [3.05, 3.63) is 41.5 Å². The van der Waals surface area contributed by atoms with E-state index in [9.17, 15) is 15.2 Å². The molecule has 4 heteroatoms. The molecule has 3 atom stereocenters. The molecular weight excluding hydrogens is 266 g/mol. The Morgan fingerprint density at radius 3 is 2.67 bits per heavy atom. The van der Waals surface area contributed by atoms with Crippen LogP contribution in [0.4, 0.5) is 0 Å². The topological polar surface area (TPSA) is 70.3 Å². The third kappa shape index (κ3) is 2.45. The zero-order chi connectivity index (χ0) is 15.7. The van der Waals surface area contributed by atoms with Gasteiger partial charge in [0.15, 0.2) is 0 Å². The molecule has 0 heterocycles. The van der Waals surface area contributed by atoms with Crippen molar-refractivity contribution in [2.75, 3.05) is 7.11 Å². The van der Waals surface area contributed by atoms with Gasteiger partial charge in [0.1, 0.15) is 5.60 Å². The molecule has 2 rings (SSSR count). The Morgan fingerprint density at radius 2 is 2.19 bits per heavy atom. The molecule has 0 amide bonds. The molecule has 1 fully saturated rings. The van der Waals surface area contributed by atoms with E-state index in [4.69, 9.17) is 4.74 Å². The van der Waals surface area contributed by atoms with Crippen LogP contribution in [0.15, 0.2) is 30.3 Å². The van der Waals surface area contributed by atoms with Gasteiger partial charge >= 0.3 is 5.97 Å². The van der Waals surface area contributed by atoms with Crippen molar-refractivity contribution in [2.24, 2.45) is 11.3 Å². The minimum atomic E-state index is -0.968. The van der Waals surface area contributed by atoms with Crippen molar-refractivity contribution in [3.8, 4) is 6.07 Å². The van der Waals surface area contributed by atoms with E-state index in [2.05, 4.69) is 6.07 Å². The predicted molar refractivity (Wildman–Crippen MR) is 79.7 cm³/mol. The molecule has 0 unspecified atom stereocenters. The summed E-state index contributed by atoms with van der Waals surface area (Å²) in [5, 5.41) is 18.7. The van der Waals surface area contributed by atoms with Crippen LogP contribution in [0.25, 0.3) is 6.08 Å². The fraction of sp³-hybridized carbons (Fsp3) is 0.412. The van der Waals surface area contributed by atoms with E-state index in [1.807, 2.05) is 19.9 Å². The van der Waals surface area contributed by atoms with Gasteiger partial charge < -0.3 is 9.84 Å². The third-order valence-electron chi connectivity index (χ3n) is 4.59. The van der Waals surface area contributed by atoms with E-state index >= 15 is 0 Å². The summed E-state index contributed by atoms with van der Waals surface area (Å²) >= 11 is 0. The van der Waals surface area contributed by atoms with E-state index in [1.54, 1.807) is 37.5 Å². The fourth-order valence-corrected chi connectivity index (χ4v) is 2.87. The highest BCUT2D eigenvalue weighted by molar-refractivity contribution is 5.92. The van der Waals surface area contributed by atoms with Gasteiger partial charge in [-0.1, -0.05) is 37.3 Å². The van der Waals surface area contributed by atoms with Crippen molar-refractivity contribution >= 4 is 12.0 Å². The van der Waals surface area contributed by atoms with Gasteiger partial charge in [0.2, 0.25) is 0 Å². The number of aromatic carboxylic acids is 1. The SMILES string of the molecule is CO[C@](C)(/C=C/c1ccccc1C(=O)O)[C@@]1(C#N)C[C@@H]1C. The zero-order valence-electron chi connectivity index (χ0n) is 12.5. The normalized spacial score (nSPS) is 27.0. The maximum atomic E-state index is 11.2. The van der Waals surface area contributed by atoms with Gasteiger partial charge in [-0.05, 0) is 30.9 Å². The summed E-state index contributed by atoms with van der Waals surface area (Å²) in [5.74, 6) is -0.698. The molecule has 0 spiro atoms. The second kappa shape index (κ2) is 5.34. The van der Waals surface area contributed by atoms with Gasteiger partial charge in [-0.2, -0.15) is 5.26 Å². The van der Waals surface area contributed by atoms with Gasteiger partial charge in [0.25, 0.3) is 0 Å². The van der Waals surface area contributed by atoms with Crippen LogP contribution >= 0.6 is 0 Å². The van der Waals surface area contributed by atoms with Crippen molar-refractivity contribution in [2.45, 2.75) is 25.9 Å². The third-order valence-corrected chi connectivity index (χ3v) is 4.59. The van der Waals surface area contributed by atoms with E-state index in [0.29, 0.717) is 5.56 Å². The second-order valence-corrected chi connectivity index (χ2v) is 5.73. The van der Waals surface area contributed by atoms with E-state index in [-0.39, 0.29) is 11.5 Å². The van der Waals surface area contributed by atoms with E-state index in [1.165, 1.54) is 0 Å². The highest BCUT2D eigenvalue weighted by Crippen LogP contribution is 2.60. The van der Waals surface area contributed by atoms with E-state index in [0.717, 1.165) is 6.42 Å².